The highest BCUT2D eigenvalue weighted by molar-refractivity contribution is 7.94. The van der Waals surface area contributed by atoms with Gasteiger partial charge in [0.15, 0.2) is 0 Å². The van der Waals surface area contributed by atoms with E-state index >= 15 is 0 Å². The van der Waals surface area contributed by atoms with E-state index in [1.54, 1.807) is 35.7 Å². The third kappa shape index (κ3) is 6.22. The standard InChI is InChI=1S/C27H24FN3O4S2/c1-19(20-8-3-2-4-9-20)29-27(33)23-10-5-6-11-24(23)30-25(32)18-31(22-15-13-21(28)14-16-22)37(34,35)26-12-7-17-36-26/h2-17,19H,18H2,1H3,(H,29,33)(H,30,32). The molecule has 1 heterocycles. The van der Waals surface area contributed by atoms with Gasteiger partial charge in [-0.15, -0.1) is 11.3 Å². The minimum absolute atomic E-state index is 0.0410. The number of rotatable bonds is 9. The van der Waals surface area contributed by atoms with Gasteiger partial charge in [-0.2, -0.15) is 0 Å². The van der Waals surface area contributed by atoms with Crippen LogP contribution in [0, 0.1) is 5.82 Å². The van der Waals surface area contributed by atoms with Crippen LogP contribution in [0.3, 0.4) is 0 Å². The van der Waals surface area contributed by atoms with Gasteiger partial charge in [-0.1, -0.05) is 48.5 Å². The first-order valence-electron chi connectivity index (χ1n) is 11.3. The second-order valence-electron chi connectivity index (χ2n) is 8.12. The lowest BCUT2D eigenvalue weighted by Gasteiger charge is -2.23. The van der Waals surface area contributed by atoms with Crippen molar-refractivity contribution in [3.8, 4) is 0 Å². The normalized spacial score (nSPS) is 11.9. The number of para-hydroxylation sites is 1. The molecular weight excluding hydrogens is 513 g/mol. The Balaban J connectivity index is 1.55. The van der Waals surface area contributed by atoms with Crippen LogP contribution in [0.2, 0.25) is 0 Å². The predicted octanol–water partition coefficient (Wildman–Crippen LogP) is 5.21. The summed E-state index contributed by atoms with van der Waals surface area (Å²) in [5, 5.41) is 7.18. The Morgan fingerprint density at radius 3 is 2.27 bits per heavy atom. The molecule has 0 aliphatic rings. The molecule has 0 radical (unpaired) electrons. The molecule has 7 nitrogen and oxygen atoms in total. The van der Waals surface area contributed by atoms with Crippen LogP contribution in [0.15, 0.2) is 101 Å². The Kier molecular flexibility index (Phi) is 8.00. The molecular formula is C27H24FN3O4S2. The van der Waals surface area contributed by atoms with Crippen molar-refractivity contribution >= 4 is 44.5 Å². The van der Waals surface area contributed by atoms with E-state index < -0.39 is 34.2 Å². The summed E-state index contributed by atoms with van der Waals surface area (Å²) in [4.78, 5) is 26.1. The SMILES string of the molecule is CC(NC(=O)c1ccccc1NC(=O)CN(c1ccc(F)cc1)S(=O)(=O)c1cccs1)c1ccccc1. The van der Waals surface area contributed by atoms with Crippen molar-refractivity contribution in [1.29, 1.82) is 0 Å². The molecule has 2 amide bonds. The zero-order valence-electron chi connectivity index (χ0n) is 19.8. The maximum Gasteiger partial charge on any atom is 0.274 e. The highest BCUT2D eigenvalue weighted by Gasteiger charge is 2.28. The van der Waals surface area contributed by atoms with Gasteiger partial charge in [0.05, 0.1) is 23.0 Å². The average molecular weight is 538 g/mol. The number of benzene rings is 3. The fraction of sp³-hybridized carbons (Fsp3) is 0.111. The molecule has 0 aliphatic heterocycles. The topological polar surface area (TPSA) is 95.6 Å². The summed E-state index contributed by atoms with van der Waals surface area (Å²) in [5.74, 6) is -1.60. The first-order chi connectivity index (χ1) is 17.8. The lowest BCUT2D eigenvalue weighted by Crippen LogP contribution is -2.38. The van der Waals surface area contributed by atoms with Crippen LogP contribution in [0.1, 0.15) is 28.9 Å². The van der Waals surface area contributed by atoms with Crippen LogP contribution >= 0.6 is 11.3 Å². The molecule has 0 fully saturated rings. The van der Waals surface area contributed by atoms with Crippen molar-refractivity contribution in [3.63, 3.8) is 0 Å². The number of hydrogen-bond donors (Lipinski definition) is 2. The fourth-order valence-electron chi connectivity index (χ4n) is 3.65. The number of carbonyl (C=O) groups is 2. The monoisotopic (exact) mass is 537 g/mol. The van der Waals surface area contributed by atoms with Gasteiger partial charge in [0.1, 0.15) is 16.6 Å². The molecule has 1 atom stereocenters. The molecule has 4 aromatic rings. The van der Waals surface area contributed by atoms with Crippen molar-refractivity contribution in [1.82, 2.24) is 5.32 Å². The number of sulfonamides is 1. The van der Waals surface area contributed by atoms with Crippen LogP contribution in [0.5, 0.6) is 0 Å². The van der Waals surface area contributed by atoms with Gasteiger partial charge in [-0.05, 0) is 60.3 Å². The first-order valence-corrected chi connectivity index (χ1v) is 13.6. The highest BCUT2D eigenvalue weighted by atomic mass is 32.2. The molecule has 10 heteroatoms. The van der Waals surface area contributed by atoms with Crippen LogP contribution < -0.4 is 14.9 Å². The van der Waals surface area contributed by atoms with E-state index in [4.69, 9.17) is 0 Å². The second-order valence-corrected chi connectivity index (χ2v) is 11.2. The maximum atomic E-state index is 13.5. The number of amides is 2. The summed E-state index contributed by atoms with van der Waals surface area (Å²) in [6.07, 6.45) is 0. The molecule has 0 saturated carbocycles. The number of halogens is 1. The maximum absolute atomic E-state index is 13.5. The van der Waals surface area contributed by atoms with Crippen LogP contribution in [-0.2, 0) is 14.8 Å². The van der Waals surface area contributed by atoms with E-state index in [9.17, 15) is 22.4 Å². The third-order valence-corrected chi connectivity index (χ3v) is 8.68. The van der Waals surface area contributed by atoms with E-state index in [1.165, 1.54) is 18.2 Å². The Morgan fingerprint density at radius 2 is 1.59 bits per heavy atom. The molecule has 0 aliphatic carbocycles. The van der Waals surface area contributed by atoms with Crippen LogP contribution in [0.25, 0.3) is 0 Å². The lowest BCUT2D eigenvalue weighted by molar-refractivity contribution is -0.114. The number of nitrogens with zero attached hydrogens (tertiary/aromatic N) is 1. The number of nitrogens with one attached hydrogen (secondary N) is 2. The van der Waals surface area contributed by atoms with Crippen molar-refractivity contribution in [2.75, 3.05) is 16.2 Å². The van der Waals surface area contributed by atoms with E-state index in [1.807, 2.05) is 37.3 Å². The van der Waals surface area contributed by atoms with Gasteiger partial charge < -0.3 is 10.6 Å². The smallest absolute Gasteiger partial charge is 0.274 e. The lowest BCUT2D eigenvalue weighted by atomic mass is 10.1. The molecule has 0 spiro atoms. The minimum Gasteiger partial charge on any atom is -0.345 e. The summed E-state index contributed by atoms with van der Waals surface area (Å²) < 4.78 is 41.1. The van der Waals surface area contributed by atoms with E-state index in [0.717, 1.165) is 33.3 Å². The second kappa shape index (κ2) is 11.4. The zero-order chi connectivity index (χ0) is 26.4. The summed E-state index contributed by atoms with van der Waals surface area (Å²) in [5.41, 5.74) is 1.52. The van der Waals surface area contributed by atoms with Gasteiger partial charge in [0.2, 0.25) is 5.91 Å². The summed E-state index contributed by atoms with van der Waals surface area (Å²) in [7, 11) is -4.09. The predicted molar refractivity (Wildman–Crippen MR) is 143 cm³/mol. The van der Waals surface area contributed by atoms with Crippen molar-refractivity contribution in [2.24, 2.45) is 0 Å². The van der Waals surface area contributed by atoms with E-state index in [-0.39, 0.29) is 27.2 Å². The third-order valence-electron chi connectivity index (χ3n) is 5.53. The molecule has 2 N–H and O–H groups in total. The number of hydrogen-bond acceptors (Lipinski definition) is 5. The van der Waals surface area contributed by atoms with Gasteiger partial charge in [-0.25, -0.2) is 12.8 Å². The minimum atomic E-state index is -4.09. The summed E-state index contributed by atoms with van der Waals surface area (Å²) >= 11 is 1.01. The molecule has 37 heavy (non-hydrogen) atoms. The van der Waals surface area contributed by atoms with Crippen molar-refractivity contribution < 1.29 is 22.4 Å². The Morgan fingerprint density at radius 1 is 0.919 bits per heavy atom. The van der Waals surface area contributed by atoms with Gasteiger partial charge >= 0.3 is 0 Å². The van der Waals surface area contributed by atoms with Crippen LogP contribution in [0.4, 0.5) is 15.8 Å². The number of carbonyl (C=O) groups excluding carboxylic acids is 2. The van der Waals surface area contributed by atoms with Gasteiger partial charge in [0.25, 0.3) is 15.9 Å². The molecule has 4 rings (SSSR count). The largest absolute Gasteiger partial charge is 0.345 e. The molecule has 1 aromatic heterocycles. The first kappa shape index (κ1) is 26.1. The highest BCUT2D eigenvalue weighted by Crippen LogP contribution is 2.27. The van der Waals surface area contributed by atoms with E-state index in [0.29, 0.717) is 0 Å². The van der Waals surface area contributed by atoms with E-state index in [2.05, 4.69) is 10.6 Å². The van der Waals surface area contributed by atoms with Crippen molar-refractivity contribution in [2.45, 2.75) is 17.2 Å². The summed E-state index contributed by atoms with van der Waals surface area (Å²) in [6, 6.07) is 23.5. The van der Waals surface area contributed by atoms with Gasteiger partial charge in [0, 0.05) is 0 Å². The quantitative estimate of drug-likeness (QED) is 0.306. The molecule has 3 aromatic carbocycles. The van der Waals surface area contributed by atoms with Crippen molar-refractivity contribution in [3.05, 3.63) is 113 Å². The zero-order valence-corrected chi connectivity index (χ0v) is 21.4. The Labute approximate surface area is 218 Å². The average Bonchev–Trinajstić information content (AvgIpc) is 3.45. The fourth-order valence-corrected chi connectivity index (χ4v) is 6.18. The Bertz CT molecular complexity index is 1480. The van der Waals surface area contributed by atoms with Crippen LogP contribution in [-0.4, -0.2) is 26.8 Å². The molecule has 190 valence electrons. The summed E-state index contributed by atoms with van der Waals surface area (Å²) in [6.45, 7) is 1.27. The molecule has 0 saturated heterocycles. The number of anilines is 2. The molecule has 1 unspecified atom stereocenters. The van der Waals surface area contributed by atoms with Gasteiger partial charge in [-0.3, -0.25) is 13.9 Å². The molecule has 0 bridgehead atoms. The Hall–Kier alpha value is -4.02. The number of thiophene rings is 1.